The van der Waals surface area contributed by atoms with Gasteiger partial charge in [-0.1, -0.05) is 25.8 Å². The van der Waals surface area contributed by atoms with Crippen LogP contribution in [0, 0.1) is 0 Å². The molecule has 0 bridgehead atoms. The normalized spacial score (nSPS) is 11.4. The summed E-state index contributed by atoms with van der Waals surface area (Å²) < 4.78 is 2.10. The van der Waals surface area contributed by atoms with Gasteiger partial charge in [-0.05, 0) is 32.4 Å². The van der Waals surface area contributed by atoms with Gasteiger partial charge >= 0.3 is 0 Å². The second kappa shape index (κ2) is 6.75. The minimum Gasteiger partial charge on any atom is -0.353 e. The molecule has 0 saturated carbocycles. The van der Waals surface area contributed by atoms with Gasteiger partial charge in [0.15, 0.2) is 5.82 Å². The van der Waals surface area contributed by atoms with Crippen LogP contribution in [-0.2, 0) is 6.54 Å². The Balaban J connectivity index is 2.36. The summed E-state index contributed by atoms with van der Waals surface area (Å²) in [7, 11) is 0. The smallest absolute Gasteiger partial charge is 0.152 e. The van der Waals surface area contributed by atoms with Crippen molar-refractivity contribution in [2.75, 3.05) is 11.4 Å². The summed E-state index contributed by atoms with van der Waals surface area (Å²) in [6.07, 6.45) is 5.74. The Morgan fingerprint density at radius 3 is 2.75 bits per heavy atom. The van der Waals surface area contributed by atoms with Crippen LogP contribution in [0.5, 0.6) is 0 Å². The van der Waals surface area contributed by atoms with E-state index < -0.39 is 0 Å². The van der Waals surface area contributed by atoms with Crippen LogP contribution in [0.1, 0.15) is 45.7 Å². The average Bonchev–Trinajstić information content (AvgIpc) is 2.81. The number of anilines is 1. The molecule has 0 spiro atoms. The maximum atomic E-state index is 5.97. The molecule has 0 radical (unpaired) electrons. The van der Waals surface area contributed by atoms with Crippen LogP contribution in [0.4, 0.5) is 5.82 Å². The van der Waals surface area contributed by atoms with E-state index in [4.69, 9.17) is 10.7 Å². The van der Waals surface area contributed by atoms with Crippen LogP contribution in [0.25, 0.3) is 5.65 Å². The third-order valence-electron chi connectivity index (χ3n) is 3.70. The Morgan fingerprint density at radius 1 is 1.30 bits per heavy atom. The van der Waals surface area contributed by atoms with Crippen LogP contribution in [0.3, 0.4) is 0 Å². The molecule has 0 aliphatic heterocycles. The molecule has 2 rings (SSSR count). The van der Waals surface area contributed by atoms with Gasteiger partial charge in [0.25, 0.3) is 0 Å². The van der Waals surface area contributed by atoms with Gasteiger partial charge in [0, 0.05) is 25.3 Å². The molecular formula is C16H26N4. The minimum absolute atomic E-state index is 0.432. The second-order valence-corrected chi connectivity index (χ2v) is 5.51. The van der Waals surface area contributed by atoms with Crippen molar-refractivity contribution in [2.24, 2.45) is 5.73 Å². The predicted molar refractivity (Wildman–Crippen MR) is 85.1 cm³/mol. The van der Waals surface area contributed by atoms with Crippen LogP contribution in [0.15, 0.2) is 24.4 Å². The van der Waals surface area contributed by atoms with Crippen molar-refractivity contribution in [1.82, 2.24) is 9.38 Å². The highest BCUT2D eigenvalue weighted by Gasteiger charge is 2.19. The van der Waals surface area contributed by atoms with Crippen molar-refractivity contribution in [3.05, 3.63) is 30.1 Å². The van der Waals surface area contributed by atoms with E-state index in [1.54, 1.807) is 0 Å². The van der Waals surface area contributed by atoms with Crippen molar-refractivity contribution < 1.29 is 0 Å². The quantitative estimate of drug-likeness (QED) is 0.789. The standard InChI is InChI=1S/C16H26N4/c1-4-5-7-10-19(13(2)3)16-14(12-17)20-11-8-6-9-15(20)18-16/h6,8-9,11,13H,4-5,7,10,12,17H2,1-3H3. The summed E-state index contributed by atoms with van der Waals surface area (Å²) in [5.41, 5.74) is 8.05. The first-order valence-electron chi connectivity index (χ1n) is 7.61. The number of nitrogens with two attached hydrogens (primary N) is 1. The van der Waals surface area contributed by atoms with E-state index in [0.717, 1.165) is 23.7 Å². The first kappa shape index (κ1) is 14.9. The fraction of sp³-hybridized carbons (Fsp3) is 0.562. The highest BCUT2D eigenvalue weighted by Crippen LogP contribution is 2.23. The predicted octanol–water partition coefficient (Wildman–Crippen LogP) is 3.20. The van der Waals surface area contributed by atoms with Gasteiger partial charge in [0.2, 0.25) is 0 Å². The third kappa shape index (κ3) is 2.96. The van der Waals surface area contributed by atoms with Crippen molar-refractivity contribution in [3.63, 3.8) is 0 Å². The van der Waals surface area contributed by atoms with Crippen molar-refractivity contribution in [1.29, 1.82) is 0 Å². The molecule has 0 aromatic carbocycles. The third-order valence-corrected chi connectivity index (χ3v) is 3.70. The second-order valence-electron chi connectivity index (χ2n) is 5.51. The highest BCUT2D eigenvalue weighted by atomic mass is 15.2. The Labute approximate surface area is 121 Å². The number of imidazole rings is 1. The van der Waals surface area contributed by atoms with Crippen LogP contribution < -0.4 is 10.6 Å². The van der Waals surface area contributed by atoms with Gasteiger partial charge in [0.05, 0.1) is 5.69 Å². The Kier molecular flexibility index (Phi) is 5.01. The molecule has 2 N–H and O–H groups in total. The molecule has 0 saturated heterocycles. The van der Waals surface area contributed by atoms with E-state index in [0.29, 0.717) is 12.6 Å². The Hall–Kier alpha value is -1.55. The molecule has 20 heavy (non-hydrogen) atoms. The lowest BCUT2D eigenvalue weighted by atomic mass is 10.2. The number of fused-ring (bicyclic) bond motifs is 1. The fourth-order valence-corrected chi connectivity index (χ4v) is 2.59. The van der Waals surface area contributed by atoms with Gasteiger partial charge in [-0.3, -0.25) is 0 Å². The molecule has 4 heteroatoms. The van der Waals surface area contributed by atoms with E-state index >= 15 is 0 Å². The lowest BCUT2D eigenvalue weighted by molar-refractivity contribution is 0.618. The molecule has 110 valence electrons. The zero-order valence-corrected chi connectivity index (χ0v) is 12.8. The first-order valence-corrected chi connectivity index (χ1v) is 7.61. The van der Waals surface area contributed by atoms with Crippen molar-refractivity contribution in [3.8, 4) is 0 Å². The summed E-state index contributed by atoms with van der Waals surface area (Å²) in [6.45, 7) is 8.22. The van der Waals surface area contributed by atoms with Gasteiger partial charge < -0.3 is 15.0 Å². The van der Waals surface area contributed by atoms with Gasteiger partial charge in [0.1, 0.15) is 5.65 Å². The number of rotatable bonds is 7. The number of pyridine rings is 1. The number of nitrogens with zero attached hydrogens (tertiary/aromatic N) is 3. The SMILES string of the molecule is CCCCCN(c1nc2ccccn2c1CN)C(C)C. The van der Waals surface area contributed by atoms with Crippen LogP contribution >= 0.6 is 0 Å². The van der Waals surface area contributed by atoms with E-state index in [1.165, 1.54) is 19.3 Å². The monoisotopic (exact) mass is 274 g/mol. The topological polar surface area (TPSA) is 46.6 Å². The number of unbranched alkanes of at least 4 members (excludes halogenated alkanes) is 2. The molecule has 0 aliphatic carbocycles. The molecule has 4 nitrogen and oxygen atoms in total. The summed E-state index contributed by atoms with van der Waals surface area (Å²) in [6, 6.07) is 6.51. The molecule has 2 heterocycles. The zero-order chi connectivity index (χ0) is 14.5. The molecule has 0 atom stereocenters. The zero-order valence-electron chi connectivity index (χ0n) is 12.8. The number of hydrogen-bond acceptors (Lipinski definition) is 3. The largest absolute Gasteiger partial charge is 0.353 e. The average molecular weight is 274 g/mol. The summed E-state index contributed by atoms with van der Waals surface area (Å²) in [5, 5.41) is 0. The Morgan fingerprint density at radius 2 is 2.10 bits per heavy atom. The van der Waals surface area contributed by atoms with E-state index in [-0.39, 0.29) is 0 Å². The van der Waals surface area contributed by atoms with E-state index in [9.17, 15) is 0 Å². The summed E-state index contributed by atoms with van der Waals surface area (Å²) in [5.74, 6) is 1.05. The van der Waals surface area contributed by atoms with Gasteiger partial charge in [-0.15, -0.1) is 0 Å². The van der Waals surface area contributed by atoms with Crippen molar-refractivity contribution >= 4 is 11.5 Å². The maximum Gasteiger partial charge on any atom is 0.152 e. The lowest BCUT2D eigenvalue weighted by Crippen LogP contribution is -2.33. The van der Waals surface area contributed by atoms with Gasteiger partial charge in [-0.25, -0.2) is 4.98 Å². The lowest BCUT2D eigenvalue weighted by Gasteiger charge is -2.27. The molecular weight excluding hydrogens is 248 g/mol. The first-order chi connectivity index (χ1) is 9.69. The van der Waals surface area contributed by atoms with Crippen molar-refractivity contribution in [2.45, 2.75) is 52.6 Å². The van der Waals surface area contributed by atoms with E-state index in [2.05, 4.69) is 30.1 Å². The summed E-state index contributed by atoms with van der Waals surface area (Å²) >= 11 is 0. The molecule has 2 aromatic heterocycles. The molecule has 0 fully saturated rings. The maximum absolute atomic E-state index is 5.97. The fourth-order valence-electron chi connectivity index (χ4n) is 2.59. The Bertz CT molecular complexity index is 544. The molecule has 2 aromatic rings. The molecule has 0 unspecified atom stereocenters. The molecule has 0 aliphatic rings. The molecule has 0 amide bonds. The van der Waals surface area contributed by atoms with Crippen LogP contribution in [0.2, 0.25) is 0 Å². The highest BCUT2D eigenvalue weighted by molar-refractivity contribution is 5.56. The van der Waals surface area contributed by atoms with E-state index in [1.807, 2.05) is 24.4 Å². The van der Waals surface area contributed by atoms with Gasteiger partial charge in [-0.2, -0.15) is 0 Å². The summed E-state index contributed by atoms with van der Waals surface area (Å²) in [4.78, 5) is 7.17. The minimum atomic E-state index is 0.432. The number of aromatic nitrogens is 2. The van der Waals surface area contributed by atoms with Crippen LogP contribution in [-0.4, -0.2) is 22.0 Å². The number of hydrogen-bond donors (Lipinski definition) is 1.